The van der Waals surface area contributed by atoms with E-state index in [-0.39, 0.29) is 28.6 Å². The number of hydrogen-bond acceptors (Lipinski definition) is 5. The van der Waals surface area contributed by atoms with Crippen LogP contribution in [0.25, 0.3) is 0 Å². The molecule has 0 saturated carbocycles. The summed E-state index contributed by atoms with van der Waals surface area (Å²) in [6, 6.07) is 0. The van der Waals surface area contributed by atoms with Crippen LogP contribution < -0.4 is 6.15 Å². The van der Waals surface area contributed by atoms with Crippen LogP contribution in [0.5, 0.6) is 0 Å². The number of carbonyl (C=O) groups is 4. The Kier molecular flexibility index (Phi) is 82.0. The Bertz CT molecular complexity index is 168. The topological polar surface area (TPSA) is 216 Å². The maximum atomic E-state index is 9.00. The van der Waals surface area contributed by atoms with E-state index in [0.29, 0.717) is 0 Å². The highest BCUT2D eigenvalue weighted by Crippen LogP contribution is 1.43. The highest BCUT2D eigenvalue weighted by molar-refractivity contribution is 8.93. The predicted molar refractivity (Wildman–Crippen MR) is 72.2 cm³/mol. The third kappa shape index (κ3) is 1120. The van der Waals surface area contributed by atoms with Crippen molar-refractivity contribution in [2.75, 3.05) is 0 Å². The van der Waals surface area contributed by atoms with Crippen LogP contribution in [0.3, 0.4) is 0 Å². The van der Waals surface area contributed by atoms with Gasteiger partial charge in [0.1, 0.15) is 0 Å². The molecule has 9 N–H and O–H groups in total. The molecule has 11 heteroatoms. The SMILES string of the molecule is Br.CC(=O)O.CC(=O)O.CC(=O)O.CC(=O)O.N.O. The van der Waals surface area contributed by atoms with E-state index in [9.17, 15) is 0 Å². The highest BCUT2D eigenvalue weighted by Gasteiger charge is 1.66. The van der Waals surface area contributed by atoms with Crippen LogP contribution in [0.2, 0.25) is 0 Å². The van der Waals surface area contributed by atoms with Crippen molar-refractivity contribution in [2.45, 2.75) is 27.7 Å². The molecule has 0 atom stereocenters. The summed E-state index contributed by atoms with van der Waals surface area (Å²) >= 11 is 0. The van der Waals surface area contributed by atoms with Gasteiger partial charge in [0.15, 0.2) is 0 Å². The summed E-state index contributed by atoms with van der Waals surface area (Å²) in [5, 5.41) is 29.7. The van der Waals surface area contributed by atoms with E-state index in [0.717, 1.165) is 27.7 Å². The lowest BCUT2D eigenvalue weighted by Gasteiger charge is -1.59. The van der Waals surface area contributed by atoms with Crippen LogP contribution in [0.1, 0.15) is 27.7 Å². The molecule has 0 amide bonds. The Morgan fingerprint density at radius 2 is 0.579 bits per heavy atom. The van der Waals surface area contributed by atoms with Crippen molar-refractivity contribution >= 4 is 40.9 Å². The first-order valence-corrected chi connectivity index (χ1v) is 3.71. The molecule has 0 rings (SSSR count). The molecule has 0 aromatic heterocycles. The van der Waals surface area contributed by atoms with E-state index in [1.807, 2.05) is 0 Å². The first kappa shape index (κ1) is 43.3. The Morgan fingerprint density at radius 3 is 0.579 bits per heavy atom. The van der Waals surface area contributed by atoms with E-state index in [1.54, 1.807) is 0 Å². The van der Waals surface area contributed by atoms with E-state index in [2.05, 4.69) is 0 Å². The summed E-state index contributed by atoms with van der Waals surface area (Å²) in [6.07, 6.45) is 0. The van der Waals surface area contributed by atoms with Crippen LogP contribution in [0.4, 0.5) is 0 Å². The maximum absolute atomic E-state index is 9.00. The summed E-state index contributed by atoms with van der Waals surface area (Å²) < 4.78 is 0. The van der Waals surface area contributed by atoms with Crippen molar-refractivity contribution in [1.82, 2.24) is 6.15 Å². The lowest BCUT2D eigenvalue weighted by atomic mass is 10.9. The maximum Gasteiger partial charge on any atom is 0.300 e. The van der Waals surface area contributed by atoms with E-state index < -0.39 is 23.9 Å². The predicted octanol–water partition coefficient (Wildman–Crippen LogP) is 0.279. The second kappa shape index (κ2) is 36.0. The largest absolute Gasteiger partial charge is 0.481 e. The average molecular weight is 356 g/mol. The van der Waals surface area contributed by atoms with E-state index in [1.165, 1.54) is 0 Å². The van der Waals surface area contributed by atoms with Crippen molar-refractivity contribution in [3.63, 3.8) is 0 Å². The Balaban J connectivity index is -0.0000000192. The van der Waals surface area contributed by atoms with Gasteiger partial charge in [0.2, 0.25) is 0 Å². The first-order valence-electron chi connectivity index (χ1n) is 3.71. The average Bonchev–Trinajstić information content (AvgIpc) is 1.76. The summed E-state index contributed by atoms with van der Waals surface area (Å²) in [5.74, 6) is -3.33. The standard InChI is InChI=1S/4C2H4O2.BrH.H3N.H2O/c4*1-2(3)4;;;/h4*1H3,(H,3,4);1H;1H3;1H2. The van der Waals surface area contributed by atoms with Crippen molar-refractivity contribution in [2.24, 2.45) is 0 Å². The number of carboxylic acid groups (broad SMARTS) is 4. The van der Waals surface area contributed by atoms with Gasteiger partial charge < -0.3 is 32.1 Å². The fourth-order valence-electron chi connectivity index (χ4n) is 0. The van der Waals surface area contributed by atoms with Gasteiger partial charge in [-0.15, -0.1) is 17.0 Å². The van der Waals surface area contributed by atoms with Crippen molar-refractivity contribution in [3.8, 4) is 0 Å². The normalized spacial score (nSPS) is 5.26. The number of halogens is 1. The van der Waals surface area contributed by atoms with Gasteiger partial charge >= 0.3 is 0 Å². The van der Waals surface area contributed by atoms with Gasteiger partial charge in [-0.1, -0.05) is 0 Å². The van der Waals surface area contributed by atoms with Gasteiger partial charge in [0.25, 0.3) is 23.9 Å². The molecule has 0 fully saturated rings. The molecular formula is C8H22BrNO9. The third-order valence-corrected chi connectivity index (χ3v) is 0. The van der Waals surface area contributed by atoms with Gasteiger partial charge in [-0.3, -0.25) is 19.2 Å². The molecule has 0 bridgehead atoms. The molecule has 0 radical (unpaired) electrons. The number of hydrogen-bond donors (Lipinski definition) is 5. The minimum atomic E-state index is -0.833. The van der Waals surface area contributed by atoms with Crippen molar-refractivity contribution < 1.29 is 45.1 Å². The summed E-state index contributed by atoms with van der Waals surface area (Å²) in [5.41, 5.74) is 0. The second-order valence-corrected chi connectivity index (χ2v) is 2.08. The Morgan fingerprint density at radius 1 is 0.579 bits per heavy atom. The zero-order valence-corrected chi connectivity index (χ0v) is 12.8. The molecule has 19 heavy (non-hydrogen) atoms. The number of aliphatic carboxylic acids is 4. The van der Waals surface area contributed by atoms with E-state index >= 15 is 0 Å². The molecule has 10 nitrogen and oxygen atoms in total. The minimum Gasteiger partial charge on any atom is -0.481 e. The Hall–Kier alpha value is -1.72. The lowest BCUT2D eigenvalue weighted by Crippen LogP contribution is -1.78. The van der Waals surface area contributed by atoms with Gasteiger partial charge in [-0.05, 0) is 0 Å². The lowest BCUT2D eigenvalue weighted by molar-refractivity contribution is -0.135. The molecule has 0 saturated heterocycles. The zero-order valence-electron chi connectivity index (χ0n) is 11.0. The molecule has 0 aliphatic heterocycles. The van der Waals surface area contributed by atoms with Gasteiger partial charge in [0.05, 0.1) is 0 Å². The monoisotopic (exact) mass is 355 g/mol. The van der Waals surface area contributed by atoms with Gasteiger partial charge in [-0.2, -0.15) is 0 Å². The Labute approximate surface area is 120 Å². The number of rotatable bonds is 0. The third-order valence-electron chi connectivity index (χ3n) is 0. The van der Waals surface area contributed by atoms with Crippen molar-refractivity contribution in [1.29, 1.82) is 0 Å². The van der Waals surface area contributed by atoms with Crippen molar-refractivity contribution in [3.05, 3.63) is 0 Å². The fourth-order valence-corrected chi connectivity index (χ4v) is 0. The quantitative estimate of drug-likeness (QED) is 0.402. The first-order chi connectivity index (χ1) is 6.93. The van der Waals surface area contributed by atoms with E-state index in [4.69, 9.17) is 39.6 Å². The molecule has 0 aromatic carbocycles. The molecule has 0 aliphatic carbocycles. The zero-order chi connectivity index (χ0) is 14.3. The smallest absolute Gasteiger partial charge is 0.300 e. The van der Waals surface area contributed by atoms with Gasteiger partial charge in [0, 0.05) is 27.7 Å². The van der Waals surface area contributed by atoms with Crippen LogP contribution in [0.15, 0.2) is 0 Å². The molecular weight excluding hydrogens is 334 g/mol. The fraction of sp³-hybridized carbons (Fsp3) is 0.500. The summed E-state index contributed by atoms with van der Waals surface area (Å²) in [6.45, 7) is 4.33. The second-order valence-electron chi connectivity index (χ2n) is 2.08. The summed E-state index contributed by atoms with van der Waals surface area (Å²) in [4.78, 5) is 36.0. The van der Waals surface area contributed by atoms with Gasteiger partial charge in [-0.25, -0.2) is 0 Å². The van der Waals surface area contributed by atoms with Crippen LogP contribution in [0, 0.1) is 0 Å². The molecule has 0 aromatic rings. The molecule has 120 valence electrons. The molecule has 0 aliphatic rings. The van der Waals surface area contributed by atoms with Crippen LogP contribution in [-0.2, 0) is 19.2 Å². The summed E-state index contributed by atoms with van der Waals surface area (Å²) in [7, 11) is 0. The molecule has 0 spiro atoms. The van der Waals surface area contributed by atoms with Crippen LogP contribution >= 0.6 is 17.0 Å². The van der Waals surface area contributed by atoms with Crippen LogP contribution in [-0.4, -0.2) is 49.8 Å². The minimum absolute atomic E-state index is 0. The number of carboxylic acids is 4. The highest BCUT2D eigenvalue weighted by atomic mass is 79.9. The molecule has 0 heterocycles. The molecule has 0 unspecified atom stereocenters.